The Morgan fingerprint density at radius 3 is 2.62 bits per heavy atom. The fourth-order valence-electron chi connectivity index (χ4n) is 1.92. The number of benzene rings is 1. The van der Waals surface area contributed by atoms with Gasteiger partial charge in [0.25, 0.3) is 0 Å². The van der Waals surface area contributed by atoms with Crippen LogP contribution in [0, 0.1) is 0 Å². The Morgan fingerprint density at radius 1 is 1.29 bits per heavy atom. The van der Waals surface area contributed by atoms with E-state index >= 15 is 0 Å². The SMILES string of the molecule is CCOc1c(CNCCNCC(C)O)cc(Cl)cc1OC. The minimum atomic E-state index is -0.327. The van der Waals surface area contributed by atoms with E-state index in [1.54, 1.807) is 20.1 Å². The fraction of sp³-hybridized carbons (Fsp3) is 0.600. The lowest BCUT2D eigenvalue weighted by Gasteiger charge is -2.15. The highest BCUT2D eigenvalue weighted by atomic mass is 35.5. The topological polar surface area (TPSA) is 62.8 Å². The lowest BCUT2D eigenvalue weighted by atomic mass is 10.2. The molecule has 0 aliphatic carbocycles. The number of nitrogens with one attached hydrogen (secondary N) is 2. The molecule has 3 N–H and O–H groups in total. The number of hydrogen-bond acceptors (Lipinski definition) is 5. The molecule has 0 saturated heterocycles. The lowest BCUT2D eigenvalue weighted by molar-refractivity contribution is 0.191. The molecule has 0 bridgehead atoms. The second-order valence-electron chi connectivity index (χ2n) is 4.76. The highest BCUT2D eigenvalue weighted by Crippen LogP contribution is 2.34. The van der Waals surface area contributed by atoms with Crippen molar-refractivity contribution in [2.24, 2.45) is 0 Å². The minimum Gasteiger partial charge on any atom is -0.493 e. The van der Waals surface area contributed by atoms with E-state index in [1.165, 1.54) is 0 Å². The average molecular weight is 317 g/mol. The van der Waals surface area contributed by atoms with E-state index in [2.05, 4.69) is 10.6 Å². The van der Waals surface area contributed by atoms with Crippen LogP contribution >= 0.6 is 11.6 Å². The summed E-state index contributed by atoms with van der Waals surface area (Å²) in [4.78, 5) is 0. The van der Waals surface area contributed by atoms with Crippen molar-refractivity contribution in [3.63, 3.8) is 0 Å². The zero-order valence-corrected chi connectivity index (χ0v) is 13.7. The third-order valence-corrected chi connectivity index (χ3v) is 3.06. The quantitative estimate of drug-likeness (QED) is 0.575. The van der Waals surface area contributed by atoms with Crippen molar-refractivity contribution >= 4 is 11.6 Å². The summed E-state index contributed by atoms with van der Waals surface area (Å²) in [6.07, 6.45) is -0.327. The monoisotopic (exact) mass is 316 g/mol. The van der Waals surface area contributed by atoms with Gasteiger partial charge in [-0.3, -0.25) is 0 Å². The van der Waals surface area contributed by atoms with Gasteiger partial charge in [0.1, 0.15) is 0 Å². The van der Waals surface area contributed by atoms with E-state index in [0.29, 0.717) is 30.5 Å². The first-order valence-corrected chi connectivity index (χ1v) is 7.55. The Kier molecular flexibility index (Phi) is 8.45. The number of aliphatic hydroxyl groups excluding tert-OH is 1. The van der Waals surface area contributed by atoms with Gasteiger partial charge in [0.05, 0.1) is 19.8 Å². The van der Waals surface area contributed by atoms with Crippen LogP contribution in [0.25, 0.3) is 0 Å². The van der Waals surface area contributed by atoms with Crippen LogP contribution in [0.1, 0.15) is 19.4 Å². The van der Waals surface area contributed by atoms with E-state index < -0.39 is 0 Å². The summed E-state index contributed by atoms with van der Waals surface area (Å²) in [6.45, 7) is 7.07. The van der Waals surface area contributed by atoms with E-state index in [-0.39, 0.29) is 6.10 Å². The second-order valence-corrected chi connectivity index (χ2v) is 5.20. The molecule has 0 saturated carbocycles. The van der Waals surface area contributed by atoms with Crippen LogP contribution in [0.2, 0.25) is 5.02 Å². The van der Waals surface area contributed by atoms with Gasteiger partial charge in [-0.15, -0.1) is 0 Å². The Morgan fingerprint density at radius 2 is 2.00 bits per heavy atom. The molecule has 6 heteroatoms. The van der Waals surface area contributed by atoms with Gasteiger partial charge in [-0.2, -0.15) is 0 Å². The van der Waals surface area contributed by atoms with Crippen molar-refractivity contribution in [1.29, 1.82) is 0 Å². The van der Waals surface area contributed by atoms with Crippen LogP contribution in [0.5, 0.6) is 11.5 Å². The molecule has 1 atom stereocenters. The third-order valence-electron chi connectivity index (χ3n) is 2.84. The molecular formula is C15H25ClN2O3. The second kappa shape index (κ2) is 9.84. The van der Waals surface area contributed by atoms with Crippen molar-refractivity contribution < 1.29 is 14.6 Å². The Bertz CT molecular complexity index is 428. The maximum absolute atomic E-state index is 9.14. The summed E-state index contributed by atoms with van der Waals surface area (Å²) in [6, 6.07) is 3.63. The predicted molar refractivity (Wildman–Crippen MR) is 85.4 cm³/mol. The van der Waals surface area contributed by atoms with E-state index in [1.807, 2.05) is 13.0 Å². The maximum Gasteiger partial charge on any atom is 0.165 e. The molecule has 1 rings (SSSR count). The zero-order valence-electron chi connectivity index (χ0n) is 12.9. The van der Waals surface area contributed by atoms with Crippen molar-refractivity contribution in [3.05, 3.63) is 22.7 Å². The molecule has 1 aromatic carbocycles. The number of hydrogen-bond donors (Lipinski definition) is 3. The summed E-state index contributed by atoms with van der Waals surface area (Å²) < 4.78 is 11.0. The van der Waals surface area contributed by atoms with E-state index in [4.69, 9.17) is 26.2 Å². The summed E-state index contributed by atoms with van der Waals surface area (Å²) in [5.41, 5.74) is 0.969. The highest BCUT2D eigenvalue weighted by molar-refractivity contribution is 6.30. The number of ether oxygens (including phenoxy) is 2. The summed E-state index contributed by atoms with van der Waals surface area (Å²) >= 11 is 6.09. The van der Waals surface area contributed by atoms with Crippen LogP contribution in [0.3, 0.4) is 0 Å². The van der Waals surface area contributed by atoms with Gasteiger partial charge in [-0.05, 0) is 19.9 Å². The fourth-order valence-corrected chi connectivity index (χ4v) is 2.16. The first kappa shape index (κ1) is 18.0. The van der Waals surface area contributed by atoms with Crippen molar-refractivity contribution in [2.45, 2.75) is 26.5 Å². The molecule has 120 valence electrons. The molecule has 5 nitrogen and oxygen atoms in total. The highest BCUT2D eigenvalue weighted by Gasteiger charge is 2.12. The Hall–Kier alpha value is -1.01. The van der Waals surface area contributed by atoms with Gasteiger partial charge < -0.3 is 25.2 Å². The molecule has 0 fully saturated rings. The summed E-state index contributed by atoms with van der Waals surface area (Å²) in [5.74, 6) is 1.38. The van der Waals surface area contributed by atoms with Crippen LogP contribution in [0.4, 0.5) is 0 Å². The summed E-state index contributed by atoms with van der Waals surface area (Å²) in [5, 5.41) is 16.2. The number of rotatable bonds is 10. The molecular weight excluding hydrogens is 292 g/mol. The van der Waals surface area contributed by atoms with Gasteiger partial charge in [0, 0.05) is 42.8 Å². The molecule has 21 heavy (non-hydrogen) atoms. The normalized spacial score (nSPS) is 12.2. The molecule has 0 aliphatic rings. The van der Waals surface area contributed by atoms with Crippen LogP contribution < -0.4 is 20.1 Å². The van der Waals surface area contributed by atoms with Gasteiger partial charge in [-0.1, -0.05) is 11.6 Å². The molecule has 0 aliphatic heterocycles. The predicted octanol–water partition coefficient (Wildman–Crippen LogP) is 1.81. The molecule has 0 radical (unpaired) electrons. The third kappa shape index (κ3) is 6.52. The summed E-state index contributed by atoms with van der Waals surface area (Å²) in [7, 11) is 1.60. The van der Waals surface area contributed by atoms with Crippen LogP contribution in [-0.2, 0) is 6.54 Å². The van der Waals surface area contributed by atoms with Crippen molar-refractivity contribution in [1.82, 2.24) is 10.6 Å². The molecule has 1 unspecified atom stereocenters. The zero-order chi connectivity index (χ0) is 15.7. The van der Waals surface area contributed by atoms with Crippen LogP contribution in [-0.4, -0.2) is 44.6 Å². The first-order chi connectivity index (χ1) is 10.1. The molecule has 1 aromatic rings. The van der Waals surface area contributed by atoms with E-state index in [9.17, 15) is 0 Å². The maximum atomic E-state index is 9.14. The molecule has 0 aromatic heterocycles. The minimum absolute atomic E-state index is 0.327. The van der Waals surface area contributed by atoms with Crippen molar-refractivity contribution in [3.8, 4) is 11.5 Å². The number of halogens is 1. The molecule has 0 amide bonds. The van der Waals surface area contributed by atoms with E-state index in [0.717, 1.165) is 24.4 Å². The Labute approximate surface area is 131 Å². The van der Waals surface area contributed by atoms with Crippen molar-refractivity contribution in [2.75, 3.05) is 33.4 Å². The number of methoxy groups -OCH3 is 1. The first-order valence-electron chi connectivity index (χ1n) is 7.17. The number of aliphatic hydroxyl groups is 1. The van der Waals surface area contributed by atoms with Gasteiger partial charge in [0.2, 0.25) is 0 Å². The van der Waals surface area contributed by atoms with Gasteiger partial charge in [-0.25, -0.2) is 0 Å². The molecule has 0 heterocycles. The van der Waals surface area contributed by atoms with Crippen LogP contribution in [0.15, 0.2) is 12.1 Å². The Balaban J connectivity index is 2.55. The molecule has 0 spiro atoms. The van der Waals surface area contributed by atoms with Gasteiger partial charge in [0.15, 0.2) is 11.5 Å². The smallest absolute Gasteiger partial charge is 0.165 e. The standard InChI is InChI=1S/C15H25ClN2O3/c1-4-21-15-12(7-13(16)8-14(15)20-3)10-18-6-5-17-9-11(2)19/h7-8,11,17-19H,4-6,9-10H2,1-3H3. The largest absolute Gasteiger partial charge is 0.493 e. The van der Waals surface area contributed by atoms with Gasteiger partial charge >= 0.3 is 0 Å². The lowest BCUT2D eigenvalue weighted by Crippen LogP contribution is -2.31. The average Bonchev–Trinajstić information content (AvgIpc) is 2.44.